The molecule has 1 aromatic rings. The van der Waals surface area contributed by atoms with Crippen molar-refractivity contribution < 1.29 is 15.3 Å². The SMILES string of the molecule is OCC(CO)(CO)Nc1ncc(Cl)cc1Cl. The predicted octanol–water partition coefficient (Wildman–Crippen LogP) is 0.516. The van der Waals surface area contributed by atoms with Crippen LogP contribution < -0.4 is 5.32 Å². The van der Waals surface area contributed by atoms with E-state index in [2.05, 4.69) is 10.3 Å². The Bertz CT molecular complexity index is 350. The number of hydrogen-bond donors (Lipinski definition) is 4. The van der Waals surface area contributed by atoms with Crippen LogP contribution in [0.3, 0.4) is 0 Å². The van der Waals surface area contributed by atoms with Crippen LogP contribution in [0.2, 0.25) is 10.0 Å². The molecule has 5 nitrogen and oxygen atoms in total. The summed E-state index contributed by atoms with van der Waals surface area (Å²) in [5.41, 5.74) is -1.26. The van der Waals surface area contributed by atoms with Crippen LogP contribution >= 0.6 is 23.2 Å². The minimum Gasteiger partial charge on any atom is -0.394 e. The van der Waals surface area contributed by atoms with Crippen molar-refractivity contribution in [2.45, 2.75) is 5.54 Å². The summed E-state index contributed by atoms with van der Waals surface area (Å²) in [5.74, 6) is 0.239. The highest BCUT2D eigenvalue weighted by atomic mass is 35.5. The van der Waals surface area contributed by atoms with E-state index >= 15 is 0 Å². The monoisotopic (exact) mass is 266 g/mol. The summed E-state index contributed by atoms with van der Waals surface area (Å²) in [7, 11) is 0. The van der Waals surface area contributed by atoms with E-state index in [1.165, 1.54) is 12.3 Å². The number of aromatic nitrogens is 1. The Balaban J connectivity index is 2.93. The molecule has 0 fully saturated rings. The third-order valence-corrected chi connectivity index (χ3v) is 2.59. The van der Waals surface area contributed by atoms with Crippen LogP contribution in [0.1, 0.15) is 0 Å². The standard InChI is InChI=1S/C9H12Cl2N2O3/c10-6-1-7(11)8(12-2-6)13-9(3-14,4-15)5-16/h1-2,14-16H,3-5H2,(H,12,13). The molecule has 0 saturated carbocycles. The van der Waals surface area contributed by atoms with Gasteiger partial charge in [-0.25, -0.2) is 4.98 Å². The van der Waals surface area contributed by atoms with Gasteiger partial charge in [0, 0.05) is 6.20 Å². The van der Waals surface area contributed by atoms with Crippen LogP contribution in [0.4, 0.5) is 5.82 Å². The maximum atomic E-state index is 9.10. The summed E-state index contributed by atoms with van der Waals surface area (Å²) in [6.07, 6.45) is 1.37. The molecule has 0 spiro atoms. The van der Waals surface area contributed by atoms with Crippen molar-refractivity contribution in [3.63, 3.8) is 0 Å². The summed E-state index contributed by atoms with van der Waals surface area (Å²) >= 11 is 11.5. The van der Waals surface area contributed by atoms with Crippen molar-refractivity contribution in [1.82, 2.24) is 4.98 Å². The van der Waals surface area contributed by atoms with Crippen LogP contribution in [0.5, 0.6) is 0 Å². The van der Waals surface area contributed by atoms with Crippen molar-refractivity contribution >= 4 is 29.0 Å². The zero-order valence-corrected chi connectivity index (χ0v) is 9.83. The van der Waals surface area contributed by atoms with Gasteiger partial charge in [0.25, 0.3) is 0 Å². The first kappa shape index (κ1) is 13.5. The lowest BCUT2D eigenvalue weighted by Gasteiger charge is -2.29. The Morgan fingerprint density at radius 3 is 2.19 bits per heavy atom. The molecule has 0 aliphatic rings. The largest absolute Gasteiger partial charge is 0.394 e. The van der Waals surface area contributed by atoms with Crippen LogP contribution in [0, 0.1) is 0 Å². The van der Waals surface area contributed by atoms with Crippen LogP contribution in [-0.2, 0) is 0 Å². The van der Waals surface area contributed by atoms with Gasteiger partial charge in [-0.1, -0.05) is 23.2 Å². The van der Waals surface area contributed by atoms with E-state index in [1.54, 1.807) is 0 Å². The molecule has 1 rings (SSSR count). The maximum Gasteiger partial charge on any atom is 0.145 e. The third-order valence-electron chi connectivity index (χ3n) is 2.10. The fourth-order valence-electron chi connectivity index (χ4n) is 1.03. The number of aliphatic hydroxyl groups is 3. The van der Waals surface area contributed by atoms with Gasteiger partial charge in [0.2, 0.25) is 0 Å². The molecule has 4 N–H and O–H groups in total. The van der Waals surface area contributed by atoms with Crippen LogP contribution in [0.25, 0.3) is 0 Å². The van der Waals surface area contributed by atoms with Gasteiger partial charge in [-0.2, -0.15) is 0 Å². The molecule has 0 amide bonds. The van der Waals surface area contributed by atoms with Gasteiger partial charge in [-0.15, -0.1) is 0 Å². The number of nitrogens with zero attached hydrogens (tertiary/aromatic N) is 1. The van der Waals surface area contributed by atoms with E-state index in [1.807, 2.05) is 0 Å². The summed E-state index contributed by atoms with van der Waals surface area (Å²) in [6.45, 7) is -1.37. The van der Waals surface area contributed by atoms with Crippen LogP contribution in [0.15, 0.2) is 12.3 Å². The van der Waals surface area contributed by atoms with Gasteiger partial charge in [-0.05, 0) is 6.07 Å². The summed E-state index contributed by atoms with van der Waals surface area (Å²) < 4.78 is 0. The highest BCUT2D eigenvalue weighted by molar-refractivity contribution is 6.35. The number of aliphatic hydroxyl groups excluding tert-OH is 3. The lowest BCUT2D eigenvalue weighted by atomic mass is 10.0. The molecule has 16 heavy (non-hydrogen) atoms. The minimum atomic E-state index is -1.26. The Kier molecular flexibility index (Phi) is 4.76. The average molecular weight is 267 g/mol. The Hall–Kier alpha value is -0.590. The second-order valence-electron chi connectivity index (χ2n) is 3.36. The molecule has 1 aromatic heterocycles. The van der Waals surface area contributed by atoms with Gasteiger partial charge >= 0.3 is 0 Å². The molecule has 0 radical (unpaired) electrons. The summed E-state index contributed by atoms with van der Waals surface area (Å²) in [4.78, 5) is 3.90. The summed E-state index contributed by atoms with van der Waals surface area (Å²) in [5, 5.41) is 30.6. The topological polar surface area (TPSA) is 85.6 Å². The van der Waals surface area contributed by atoms with Gasteiger partial charge in [0.1, 0.15) is 11.4 Å². The molecule has 1 heterocycles. The van der Waals surface area contributed by atoms with Crippen molar-refractivity contribution in [3.05, 3.63) is 22.3 Å². The van der Waals surface area contributed by atoms with E-state index in [9.17, 15) is 0 Å². The quantitative estimate of drug-likeness (QED) is 0.624. The van der Waals surface area contributed by atoms with E-state index in [4.69, 9.17) is 38.5 Å². The first-order valence-corrected chi connectivity index (χ1v) is 5.24. The molecule has 0 saturated heterocycles. The molecule has 0 aliphatic heterocycles. The zero-order valence-electron chi connectivity index (χ0n) is 8.32. The molecule has 0 aliphatic carbocycles. The average Bonchev–Trinajstić information content (AvgIpc) is 2.29. The highest BCUT2D eigenvalue weighted by Gasteiger charge is 2.28. The van der Waals surface area contributed by atoms with E-state index < -0.39 is 25.4 Å². The van der Waals surface area contributed by atoms with Crippen molar-refractivity contribution in [1.29, 1.82) is 0 Å². The fourth-order valence-corrected chi connectivity index (χ4v) is 1.45. The van der Waals surface area contributed by atoms with E-state index in [0.717, 1.165) is 0 Å². The minimum absolute atomic E-state index is 0.239. The smallest absolute Gasteiger partial charge is 0.145 e. The first-order valence-electron chi connectivity index (χ1n) is 4.49. The number of rotatable bonds is 5. The Morgan fingerprint density at radius 2 is 1.75 bits per heavy atom. The number of anilines is 1. The van der Waals surface area contributed by atoms with Crippen molar-refractivity contribution in [3.8, 4) is 0 Å². The van der Waals surface area contributed by atoms with E-state index in [0.29, 0.717) is 5.02 Å². The van der Waals surface area contributed by atoms with Gasteiger partial charge in [-0.3, -0.25) is 0 Å². The predicted molar refractivity (Wildman–Crippen MR) is 61.9 cm³/mol. The van der Waals surface area contributed by atoms with Gasteiger partial charge < -0.3 is 20.6 Å². The lowest BCUT2D eigenvalue weighted by molar-refractivity contribution is 0.0831. The Labute approximate surface area is 103 Å². The third kappa shape index (κ3) is 2.96. The normalized spacial score (nSPS) is 11.6. The fraction of sp³-hybridized carbons (Fsp3) is 0.444. The molecule has 90 valence electrons. The molecule has 0 unspecified atom stereocenters. The molecule has 0 aromatic carbocycles. The van der Waals surface area contributed by atoms with Crippen LogP contribution in [-0.4, -0.2) is 45.7 Å². The molecular formula is C9H12Cl2N2O3. The second-order valence-corrected chi connectivity index (χ2v) is 4.21. The second kappa shape index (κ2) is 5.65. The number of pyridine rings is 1. The van der Waals surface area contributed by atoms with E-state index in [-0.39, 0.29) is 10.8 Å². The lowest BCUT2D eigenvalue weighted by Crippen LogP contribution is -2.49. The zero-order chi connectivity index (χ0) is 12.2. The van der Waals surface area contributed by atoms with Crippen molar-refractivity contribution in [2.24, 2.45) is 0 Å². The highest BCUT2D eigenvalue weighted by Crippen LogP contribution is 2.25. The Morgan fingerprint density at radius 1 is 1.19 bits per heavy atom. The first-order chi connectivity index (χ1) is 7.56. The summed E-state index contributed by atoms with van der Waals surface area (Å²) in [6, 6.07) is 1.47. The number of halogens is 2. The number of nitrogens with one attached hydrogen (secondary N) is 1. The van der Waals surface area contributed by atoms with Crippen molar-refractivity contribution in [2.75, 3.05) is 25.1 Å². The number of hydrogen-bond acceptors (Lipinski definition) is 5. The maximum absolute atomic E-state index is 9.10. The van der Waals surface area contributed by atoms with Gasteiger partial charge in [0.15, 0.2) is 0 Å². The molecule has 7 heteroatoms. The molecule has 0 atom stereocenters. The molecule has 0 bridgehead atoms. The molecular weight excluding hydrogens is 255 g/mol. The van der Waals surface area contributed by atoms with Gasteiger partial charge in [0.05, 0.1) is 29.9 Å².